The number of nitrogens with zero attached hydrogens (tertiary/aromatic N) is 3. The van der Waals surface area contributed by atoms with Crippen LogP contribution in [0.3, 0.4) is 0 Å². The number of nitriles is 1. The van der Waals surface area contributed by atoms with Crippen molar-refractivity contribution in [3.8, 4) is 6.07 Å². The Bertz CT molecular complexity index is 508. The highest BCUT2D eigenvalue weighted by molar-refractivity contribution is 6.31. The van der Waals surface area contributed by atoms with Crippen molar-refractivity contribution in [2.45, 2.75) is 32.4 Å². The van der Waals surface area contributed by atoms with Gasteiger partial charge >= 0.3 is 0 Å². The smallest absolute Gasteiger partial charge is 0.130 e. The molecular formula is C16H21ClFN3. The first-order valence-electron chi connectivity index (χ1n) is 7.40. The Labute approximate surface area is 130 Å². The molecule has 3 nitrogen and oxygen atoms in total. The summed E-state index contributed by atoms with van der Waals surface area (Å²) >= 11 is 6.11. The molecule has 0 bridgehead atoms. The van der Waals surface area contributed by atoms with Gasteiger partial charge in [-0.05, 0) is 32.0 Å². The Hall–Kier alpha value is -1.15. The van der Waals surface area contributed by atoms with Gasteiger partial charge in [-0.1, -0.05) is 24.6 Å². The highest BCUT2D eigenvalue weighted by atomic mass is 35.5. The van der Waals surface area contributed by atoms with E-state index in [4.69, 9.17) is 11.6 Å². The summed E-state index contributed by atoms with van der Waals surface area (Å²) in [4.78, 5) is 4.44. The van der Waals surface area contributed by atoms with Gasteiger partial charge in [-0.2, -0.15) is 5.26 Å². The van der Waals surface area contributed by atoms with Crippen LogP contribution in [0.5, 0.6) is 0 Å². The van der Waals surface area contributed by atoms with Crippen LogP contribution in [0.4, 0.5) is 4.39 Å². The molecule has 1 heterocycles. The van der Waals surface area contributed by atoms with Crippen molar-refractivity contribution in [1.29, 1.82) is 5.26 Å². The number of halogens is 2. The summed E-state index contributed by atoms with van der Waals surface area (Å²) in [5.74, 6) is -0.405. The Balaban J connectivity index is 2.19. The van der Waals surface area contributed by atoms with Gasteiger partial charge in [0.1, 0.15) is 11.9 Å². The largest absolute Gasteiger partial charge is 0.298 e. The second-order valence-electron chi connectivity index (χ2n) is 5.55. The number of hydrogen-bond donors (Lipinski definition) is 0. The normalized spacial score (nSPS) is 22.0. The first-order valence-corrected chi connectivity index (χ1v) is 7.77. The molecule has 5 heteroatoms. The highest BCUT2D eigenvalue weighted by Gasteiger charge is 2.31. The maximum atomic E-state index is 14.1. The third kappa shape index (κ3) is 3.55. The standard InChI is InChI=1S/C16H21ClFN3/c1-3-7-20-8-9-21(11-12(20)2)15(10-19)16-13(17)5-4-6-14(16)18/h4-6,12,15H,3,7-9,11H2,1-2H3. The zero-order valence-corrected chi connectivity index (χ0v) is 13.3. The van der Waals surface area contributed by atoms with Crippen LogP contribution >= 0.6 is 11.6 Å². The third-order valence-electron chi connectivity index (χ3n) is 4.07. The van der Waals surface area contributed by atoms with Crippen LogP contribution in [0.2, 0.25) is 5.02 Å². The fraction of sp³-hybridized carbons (Fsp3) is 0.562. The van der Waals surface area contributed by atoms with Gasteiger partial charge in [-0.25, -0.2) is 4.39 Å². The lowest BCUT2D eigenvalue weighted by Crippen LogP contribution is -2.52. The van der Waals surface area contributed by atoms with Gasteiger partial charge in [0.25, 0.3) is 0 Å². The predicted octanol–water partition coefficient (Wildman–Crippen LogP) is 3.46. The van der Waals surface area contributed by atoms with Crippen molar-refractivity contribution in [1.82, 2.24) is 9.80 Å². The average molecular weight is 310 g/mol. The van der Waals surface area contributed by atoms with Gasteiger partial charge in [0.05, 0.1) is 6.07 Å². The molecule has 2 unspecified atom stereocenters. The van der Waals surface area contributed by atoms with Crippen LogP contribution in [0.1, 0.15) is 31.9 Å². The van der Waals surface area contributed by atoms with E-state index in [-0.39, 0.29) is 0 Å². The quantitative estimate of drug-likeness (QED) is 0.853. The molecule has 1 saturated heterocycles. The molecule has 1 aliphatic heterocycles. The number of rotatable bonds is 4. The van der Waals surface area contributed by atoms with E-state index in [9.17, 15) is 9.65 Å². The molecule has 0 aliphatic carbocycles. The molecule has 114 valence electrons. The molecule has 0 aromatic heterocycles. The van der Waals surface area contributed by atoms with Crippen LogP contribution in [0.15, 0.2) is 18.2 Å². The maximum absolute atomic E-state index is 14.1. The topological polar surface area (TPSA) is 30.3 Å². The first-order chi connectivity index (χ1) is 10.1. The van der Waals surface area contributed by atoms with E-state index in [0.717, 1.165) is 32.6 Å². The van der Waals surface area contributed by atoms with Crippen LogP contribution in [0, 0.1) is 17.1 Å². The minimum absolute atomic E-state index is 0.304. The molecule has 0 amide bonds. The predicted molar refractivity (Wildman–Crippen MR) is 82.7 cm³/mol. The van der Waals surface area contributed by atoms with E-state index in [1.54, 1.807) is 12.1 Å². The molecular weight excluding hydrogens is 289 g/mol. The van der Waals surface area contributed by atoms with E-state index >= 15 is 0 Å². The molecule has 1 aromatic carbocycles. The summed E-state index contributed by atoms with van der Waals surface area (Å²) in [6, 6.07) is 6.53. The van der Waals surface area contributed by atoms with Crippen LogP contribution < -0.4 is 0 Å². The summed E-state index contributed by atoms with van der Waals surface area (Å²) in [7, 11) is 0. The molecule has 0 saturated carbocycles. The molecule has 0 spiro atoms. The lowest BCUT2D eigenvalue weighted by Gasteiger charge is -2.41. The zero-order chi connectivity index (χ0) is 15.4. The van der Waals surface area contributed by atoms with Gasteiger partial charge in [0, 0.05) is 36.3 Å². The fourth-order valence-electron chi connectivity index (χ4n) is 2.98. The van der Waals surface area contributed by atoms with E-state index in [1.165, 1.54) is 6.07 Å². The van der Waals surface area contributed by atoms with Gasteiger partial charge in [-0.15, -0.1) is 0 Å². The SMILES string of the molecule is CCCN1CCN(C(C#N)c2c(F)cccc2Cl)CC1C. The lowest BCUT2D eigenvalue weighted by atomic mass is 10.0. The fourth-order valence-corrected chi connectivity index (χ4v) is 3.24. The summed E-state index contributed by atoms with van der Waals surface area (Å²) in [5, 5.41) is 9.83. The molecule has 0 N–H and O–H groups in total. The van der Waals surface area contributed by atoms with Gasteiger partial charge in [0.2, 0.25) is 0 Å². The van der Waals surface area contributed by atoms with E-state index in [0.29, 0.717) is 16.6 Å². The Morgan fingerprint density at radius 1 is 1.48 bits per heavy atom. The van der Waals surface area contributed by atoms with Crippen molar-refractivity contribution in [2.75, 3.05) is 26.2 Å². The monoisotopic (exact) mass is 309 g/mol. The van der Waals surface area contributed by atoms with Crippen molar-refractivity contribution in [2.24, 2.45) is 0 Å². The van der Waals surface area contributed by atoms with Gasteiger partial charge < -0.3 is 0 Å². The summed E-state index contributed by atoms with van der Waals surface area (Å²) in [5.41, 5.74) is 0.304. The van der Waals surface area contributed by atoms with Crippen LogP contribution in [0.25, 0.3) is 0 Å². The summed E-state index contributed by atoms with van der Waals surface area (Å²) in [6.45, 7) is 7.79. The number of benzene rings is 1. The lowest BCUT2D eigenvalue weighted by molar-refractivity contribution is 0.0682. The zero-order valence-electron chi connectivity index (χ0n) is 12.5. The van der Waals surface area contributed by atoms with E-state index < -0.39 is 11.9 Å². The van der Waals surface area contributed by atoms with Crippen LogP contribution in [-0.4, -0.2) is 42.0 Å². The van der Waals surface area contributed by atoms with Crippen molar-refractivity contribution < 1.29 is 4.39 Å². The van der Waals surface area contributed by atoms with Gasteiger partial charge in [-0.3, -0.25) is 9.80 Å². The number of hydrogen-bond acceptors (Lipinski definition) is 3. The Morgan fingerprint density at radius 2 is 2.24 bits per heavy atom. The first kappa shape index (κ1) is 16.2. The van der Waals surface area contributed by atoms with E-state index in [2.05, 4.69) is 24.8 Å². The average Bonchev–Trinajstić information content (AvgIpc) is 2.45. The minimum Gasteiger partial charge on any atom is -0.298 e. The molecule has 0 radical (unpaired) electrons. The molecule has 21 heavy (non-hydrogen) atoms. The molecule has 1 aliphatic rings. The molecule has 2 rings (SSSR count). The third-order valence-corrected chi connectivity index (χ3v) is 4.40. The van der Waals surface area contributed by atoms with Crippen molar-refractivity contribution >= 4 is 11.6 Å². The second-order valence-corrected chi connectivity index (χ2v) is 5.95. The Kier molecular flexibility index (Phi) is 5.58. The minimum atomic E-state index is -0.620. The Morgan fingerprint density at radius 3 is 2.81 bits per heavy atom. The van der Waals surface area contributed by atoms with Gasteiger partial charge in [0.15, 0.2) is 0 Å². The second kappa shape index (κ2) is 7.22. The molecule has 1 fully saturated rings. The number of piperazine rings is 1. The highest BCUT2D eigenvalue weighted by Crippen LogP contribution is 2.31. The molecule has 2 atom stereocenters. The van der Waals surface area contributed by atoms with Crippen molar-refractivity contribution in [3.05, 3.63) is 34.6 Å². The molecule has 1 aromatic rings. The maximum Gasteiger partial charge on any atom is 0.130 e. The summed E-state index contributed by atoms with van der Waals surface area (Å²) in [6.07, 6.45) is 1.12. The summed E-state index contributed by atoms with van der Waals surface area (Å²) < 4.78 is 14.1. The van der Waals surface area contributed by atoms with Crippen LogP contribution in [-0.2, 0) is 0 Å². The van der Waals surface area contributed by atoms with Crippen molar-refractivity contribution in [3.63, 3.8) is 0 Å². The van der Waals surface area contributed by atoms with E-state index in [1.807, 2.05) is 4.90 Å².